The topological polar surface area (TPSA) is 58.2 Å². The largest absolute Gasteiger partial charge is 0.402 e. The van der Waals surface area contributed by atoms with E-state index in [1.807, 2.05) is 0 Å². The van der Waals surface area contributed by atoms with Crippen molar-refractivity contribution in [1.82, 2.24) is 10.0 Å². The van der Waals surface area contributed by atoms with Crippen molar-refractivity contribution in [2.45, 2.75) is 17.6 Å². The van der Waals surface area contributed by atoms with Crippen molar-refractivity contribution in [3.05, 3.63) is 29.6 Å². The van der Waals surface area contributed by atoms with Gasteiger partial charge in [0, 0.05) is 6.54 Å². The van der Waals surface area contributed by atoms with E-state index in [0.29, 0.717) is 12.1 Å². The summed E-state index contributed by atoms with van der Waals surface area (Å²) in [6, 6.07) is 3.21. The van der Waals surface area contributed by atoms with Crippen LogP contribution in [0.2, 0.25) is 0 Å². The van der Waals surface area contributed by atoms with E-state index in [9.17, 15) is 26.0 Å². The minimum atomic E-state index is -4.70. The van der Waals surface area contributed by atoms with Crippen LogP contribution in [0.5, 0.6) is 0 Å². The number of sulfonamides is 1. The second-order valence-electron chi connectivity index (χ2n) is 3.73. The Bertz CT molecular complexity index is 543. The van der Waals surface area contributed by atoms with Crippen LogP contribution < -0.4 is 10.0 Å². The smallest absolute Gasteiger partial charge is 0.316 e. The van der Waals surface area contributed by atoms with Gasteiger partial charge in [-0.1, -0.05) is 6.07 Å². The number of halogens is 4. The summed E-state index contributed by atoms with van der Waals surface area (Å²) in [5.74, 6) is -1.09. The average Bonchev–Trinajstić information content (AvgIpc) is 2.26. The summed E-state index contributed by atoms with van der Waals surface area (Å²) in [5, 5.41) is 2.73. The normalized spacial score (nSPS) is 12.7. The molecule has 0 radical (unpaired) electrons. The molecule has 19 heavy (non-hydrogen) atoms. The van der Waals surface area contributed by atoms with Crippen LogP contribution in [0.3, 0.4) is 0 Å². The fourth-order valence-corrected chi connectivity index (χ4v) is 2.40. The van der Waals surface area contributed by atoms with Gasteiger partial charge in [-0.15, -0.1) is 0 Å². The van der Waals surface area contributed by atoms with Gasteiger partial charge in [0.15, 0.2) is 0 Å². The van der Waals surface area contributed by atoms with Gasteiger partial charge < -0.3 is 5.32 Å². The molecule has 0 fully saturated rings. The lowest BCUT2D eigenvalue weighted by atomic mass is 10.2. The molecule has 0 aliphatic rings. The van der Waals surface area contributed by atoms with Crippen molar-refractivity contribution in [3.8, 4) is 0 Å². The number of benzene rings is 1. The van der Waals surface area contributed by atoms with Gasteiger partial charge >= 0.3 is 6.18 Å². The van der Waals surface area contributed by atoms with E-state index in [4.69, 9.17) is 0 Å². The Morgan fingerprint density at radius 1 is 1.26 bits per heavy atom. The first-order chi connectivity index (χ1) is 8.65. The Morgan fingerprint density at radius 3 is 2.37 bits per heavy atom. The molecule has 0 saturated carbocycles. The lowest BCUT2D eigenvalue weighted by molar-refractivity contribution is -0.121. The van der Waals surface area contributed by atoms with Crippen LogP contribution in [0, 0.1) is 5.82 Å². The van der Waals surface area contributed by atoms with Crippen molar-refractivity contribution in [2.75, 3.05) is 13.6 Å². The molecule has 0 aromatic heterocycles. The van der Waals surface area contributed by atoms with Crippen LogP contribution >= 0.6 is 0 Å². The molecule has 0 aliphatic carbocycles. The van der Waals surface area contributed by atoms with Gasteiger partial charge in [-0.3, -0.25) is 0 Å². The molecule has 0 spiro atoms. The molecular formula is C10H12F4N2O2S. The Kier molecular flexibility index (Phi) is 4.88. The van der Waals surface area contributed by atoms with Crippen LogP contribution in [0.1, 0.15) is 5.56 Å². The number of alkyl halides is 3. The SMILES string of the molecule is CNCc1ccc(S(=O)(=O)NCC(F)(F)F)c(F)c1. The molecule has 0 aliphatic heterocycles. The van der Waals surface area contributed by atoms with Crippen LogP contribution in [0.25, 0.3) is 0 Å². The van der Waals surface area contributed by atoms with Crippen LogP contribution in [0.4, 0.5) is 17.6 Å². The molecule has 1 aromatic carbocycles. The van der Waals surface area contributed by atoms with E-state index in [1.165, 1.54) is 10.8 Å². The summed E-state index contributed by atoms with van der Waals surface area (Å²) in [7, 11) is -2.90. The third-order valence-electron chi connectivity index (χ3n) is 2.13. The fourth-order valence-electron chi connectivity index (χ4n) is 1.33. The summed E-state index contributed by atoms with van der Waals surface area (Å²) >= 11 is 0. The predicted molar refractivity (Wildman–Crippen MR) is 60.4 cm³/mol. The third kappa shape index (κ3) is 4.77. The Morgan fingerprint density at radius 2 is 1.89 bits per heavy atom. The summed E-state index contributed by atoms with van der Waals surface area (Å²) < 4.78 is 73.7. The first-order valence-electron chi connectivity index (χ1n) is 5.15. The van der Waals surface area contributed by atoms with Gasteiger partial charge in [-0.25, -0.2) is 17.5 Å². The highest BCUT2D eigenvalue weighted by molar-refractivity contribution is 7.89. The van der Waals surface area contributed by atoms with Gasteiger partial charge in [0.25, 0.3) is 0 Å². The first kappa shape index (κ1) is 15.9. The highest BCUT2D eigenvalue weighted by atomic mass is 32.2. The monoisotopic (exact) mass is 300 g/mol. The summed E-state index contributed by atoms with van der Waals surface area (Å²) in [6.07, 6.45) is -4.70. The highest BCUT2D eigenvalue weighted by Gasteiger charge is 2.30. The molecule has 4 nitrogen and oxygen atoms in total. The lowest BCUT2D eigenvalue weighted by Gasteiger charge is -2.10. The van der Waals surface area contributed by atoms with Crippen LogP contribution in [0.15, 0.2) is 23.1 Å². The van der Waals surface area contributed by atoms with Crippen LogP contribution in [-0.2, 0) is 16.6 Å². The molecule has 0 saturated heterocycles. The summed E-state index contributed by atoms with van der Waals surface area (Å²) in [4.78, 5) is -0.809. The second kappa shape index (κ2) is 5.85. The molecule has 1 rings (SSSR count). The van der Waals surface area contributed by atoms with Gasteiger partial charge in [-0.05, 0) is 24.7 Å². The maximum Gasteiger partial charge on any atom is 0.402 e. The molecule has 0 amide bonds. The molecule has 0 heterocycles. The molecule has 108 valence electrons. The number of nitrogens with one attached hydrogen (secondary N) is 2. The summed E-state index contributed by atoms with van der Waals surface area (Å²) in [6.45, 7) is -1.43. The molecular weight excluding hydrogens is 288 g/mol. The quantitative estimate of drug-likeness (QED) is 0.808. The van der Waals surface area contributed by atoms with E-state index in [2.05, 4.69) is 5.32 Å². The average molecular weight is 300 g/mol. The predicted octanol–water partition coefficient (Wildman–Crippen LogP) is 1.39. The number of hydrogen-bond acceptors (Lipinski definition) is 3. The van der Waals surface area contributed by atoms with Crippen molar-refractivity contribution < 1.29 is 26.0 Å². The Balaban J connectivity index is 2.96. The maximum atomic E-state index is 13.6. The van der Waals surface area contributed by atoms with E-state index in [0.717, 1.165) is 12.1 Å². The van der Waals surface area contributed by atoms with Gasteiger partial charge in [0.2, 0.25) is 10.0 Å². The van der Waals surface area contributed by atoms with Crippen molar-refractivity contribution in [2.24, 2.45) is 0 Å². The zero-order valence-electron chi connectivity index (χ0n) is 9.88. The minimum absolute atomic E-state index is 0.313. The molecule has 0 atom stereocenters. The first-order valence-corrected chi connectivity index (χ1v) is 6.63. The minimum Gasteiger partial charge on any atom is -0.316 e. The number of hydrogen-bond donors (Lipinski definition) is 2. The van der Waals surface area contributed by atoms with Crippen molar-refractivity contribution in [1.29, 1.82) is 0 Å². The molecule has 0 unspecified atom stereocenters. The van der Waals surface area contributed by atoms with Gasteiger partial charge in [0.1, 0.15) is 17.3 Å². The van der Waals surface area contributed by atoms with E-state index < -0.39 is 33.5 Å². The lowest BCUT2D eigenvalue weighted by Crippen LogP contribution is -2.34. The van der Waals surface area contributed by atoms with E-state index in [-0.39, 0.29) is 0 Å². The highest BCUT2D eigenvalue weighted by Crippen LogP contribution is 2.18. The Hall–Kier alpha value is -1.19. The standard InChI is InChI=1S/C10H12F4N2O2S/c1-15-5-7-2-3-9(8(11)4-7)19(17,18)16-6-10(12,13)14/h2-4,15-16H,5-6H2,1H3. The zero-order chi connectivity index (χ0) is 14.7. The molecule has 2 N–H and O–H groups in total. The van der Waals surface area contributed by atoms with Gasteiger partial charge in [-0.2, -0.15) is 13.2 Å². The van der Waals surface area contributed by atoms with Crippen molar-refractivity contribution >= 4 is 10.0 Å². The zero-order valence-corrected chi connectivity index (χ0v) is 10.7. The van der Waals surface area contributed by atoms with E-state index >= 15 is 0 Å². The molecule has 1 aromatic rings. The Labute approximate surface area is 107 Å². The van der Waals surface area contributed by atoms with Crippen molar-refractivity contribution in [3.63, 3.8) is 0 Å². The number of rotatable bonds is 5. The van der Waals surface area contributed by atoms with Crippen LogP contribution in [-0.4, -0.2) is 28.2 Å². The maximum absolute atomic E-state index is 13.6. The van der Waals surface area contributed by atoms with Gasteiger partial charge in [0.05, 0.1) is 0 Å². The summed E-state index contributed by atoms with van der Waals surface area (Å²) in [5.41, 5.74) is 0.481. The third-order valence-corrected chi connectivity index (χ3v) is 3.56. The second-order valence-corrected chi connectivity index (χ2v) is 5.47. The molecule has 0 bridgehead atoms. The fraction of sp³-hybridized carbons (Fsp3) is 0.400. The van der Waals surface area contributed by atoms with E-state index in [1.54, 1.807) is 7.05 Å². The molecule has 9 heteroatoms.